The van der Waals surface area contributed by atoms with Gasteiger partial charge in [-0.3, -0.25) is 0 Å². The fourth-order valence-electron chi connectivity index (χ4n) is 4.07. The first kappa shape index (κ1) is 24.7. The molecule has 0 heterocycles. The molecule has 0 aromatic heterocycles. The summed E-state index contributed by atoms with van der Waals surface area (Å²) < 4.78 is 20.5. The number of benzene rings is 2. The Morgan fingerprint density at radius 3 is 2.19 bits per heavy atom. The second-order valence-electron chi connectivity index (χ2n) is 8.24. The van der Waals surface area contributed by atoms with E-state index in [2.05, 4.69) is 37.8 Å². The Balaban J connectivity index is 0.00000166. The van der Waals surface area contributed by atoms with E-state index < -0.39 is 0 Å². The molecule has 1 fully saturated rings. The molecule has 2 aromatic rings. The average Bonchev–Trinajstić information content (AvgIpc) is 2.81. The molecule has 0 amide bonds. The predicted molar refractivity (Wildman–Crippen MR) is 126 cm³/mol. The summed E-state index contributed by atoms with van der Waals surface area (Å²) >= 11 is 0. The zero-order chi connectivity index (χ0) is 22.5. The molecule has 0 aliphatic heterocycles. The maximum absolute atomic E-state index is 14.5. The third-order valence-corrected chi connectivity index (χ3v) is 5.83. The smallest absolute Gasteiger partial charge is 0.166 e. The lowest BCUT2D eigenvalue weighted by Gasteiger charge is -2.29. The van der Waals surface area contributed by atoms with E-state index in [0.717, 1.165) is 37.2 Å². The molecule has 0 unspecified atom stereocenters. The van der Waals surface area contributed by atoms with Gasteiger partial charge in [-0.1, -0.05) is 63.5 Å². The van der Waals surface area contributed by atoms with Crippen LogP contribution in [0.4, 0.5) is 4.39 Å². The van der Waals surface area contributed by atoms with Crippen LogP contribution in [-0.2, 0) is 11.2 Å². The van der Waals surface area contributed by atoms with Crippen LogP contribution in [0.1, 0.15) is 81.9 Å². The number of carbonyl (C=O) groups is 1. The summed E-state index contributed by atoms with van der Waals surface area (Å²) in [7, 11) is 0. The first-order chi connectivity index (χ1) is 15.2. The van der Waals surface area contributed by atoms with Crippen molar-refractivity contribution in [3.63, 3.8) is 0 Å². The van der Waals surface area contributed by atoms with Crippen molar-refractivity contribution in [1.29, 1.82) is 0 Å². The molecule has 1 aliphatic rings. The number of unbranched alkanes of at least 4 members (excludes halogenated alkanes) is 1. The number of carbonyl (C=O) groups excluding carboxylic acids is 1. The fraction of sp³-hybridized carbons (Fsp3) is 0.464. The van der Waals surface area contributed by atoms with Gasteiger partial charge in [0.15, 0.2) is 11.6 Å². The Morgan fingerprint density at radius 1 is 0.935 bits per heavy atom. The van der Waals surface area contributed by atoms with Gasteiger partial charge in [0, 0.05) is 11.1 Å². The number of halogens is 1. The van der Waals surface area contributed by atoms with Crippen molar-refractivity contribution in [2.24, 2.45) is 5.92 Å². The Labute approximate surface area is 187 Å². The number of rotatable bonds is 7. The van der Waals surface area contributed by atoms with Gasteiger partial charge in [-0.2, -0.15) is 0 Å². The lowest BCUT2D eigenvalue weighted by atomic mass is 9.84. The number of hydrogen-bond acceptors (Lipinski definition) is 2. The quantitative estimate of drug-likeness (QED) is 0.444. The van der Waals surface area contributed by atoms with Crippen LogP contribution in [0.25, 0.3) is 0 Å². The van der Waals surface area contributed by atoms with Gasteiger partial charge in [0.1, 0.15) is 6.79 Å². The van der Waals surface area contributed by atoms with Gasteiger partial charge >= 0.3 is 0 Å². The number of hydrogen-bond donors (Lipinski definition) is 0. The molecule has 0 saturated heterocycles. The van der Waals surface area contributed by atoms with Crippen molar-refractivity contribution in [3.8, 4) is 17.6 Å². The van der Waals surface area contributed by atoms with E-state index in [1.807, 2.05) is 25.0 Å². The maximum atomic E-state index is 14.5. The fourth-order valence-corrected chi connectivity index (χ4v) is 4.07. The summed E-state index contributed by atoms with van der Waals surface area (Å²) in [5, 5.41) is 0. The molecule has 3 heteroatoms. The van der Waals surface area contributed by atoms with Crippen LogP contribution in [0.5, 0.6) is 5.75 Å². The molecule has 1 saturated carbocycles. The molecule has 0 spiro atoms. The van der Waals surface area contributed by atoms with E-state index in [1.54, 1.807) is 6.07 Å². The lowest BCUT2D eigenvalue weighted by Crippen LogP contribution is -2.24. The van der Waals surface area contributed by atoms with Gasteiger partial charge in [-0.05, 0) is 73.9 Å². The number of ether oxygens (including phenoxy) is 1. The van der Waals surface area contributed by atoms with Crippen LogP contribution >= 0.6 is 0 Å². The van der Waals surface area contributed by atoms with Gasteiger partial charge in [0.2, 0.25) is 0 Å². The second kappa shape index (κ2) is 13.7. The zero-order valence-electron chi connectivity index (χ0n) is 19.0. The molecular weight excluding hydrogens is 387 g/mol. The first-order valence-corrected chi connectivity index (χ1v) is 11.5. The minimum atomic E-state index is -0.316. The molecule has 0 bridgehead atoms. The standard InChI is InChI=1S/C27H33FO.CH2O/c1-3-5-7-22-14-17-25(18-15-22)29-27-19-16-24(20-26(27)28)13-12-23-10-8-21(6-4-2)9-11-23;1-2/h8-11,16,19-20,22,25H,3-7,14-15,17-18H2,1-2H3;1H2. The topological polar surface area (TPSA) is 26.3 Å². The van der Waals surface area contributed by atoms with Gasteiger partial charge in [-0.15, -0.1) is 0 Å². The van der Waals surface area contributed by atoms with E-state index in [4.69, 9.17) is 9.53 Å². The molecule has 0 radical (unpaired) electrons. The van der Waals surface area contributed by atoms with Crippen molar-refractivity contribution in [1.82, 2.24) is 0 Å². The summed E-state index contributed by atoms with van der Waals surface area (Å²) in [6.07, 6.45) is 10.7. The van der Waals surface area contributed by atoms with Crippen LogP contribution in [0.3, 0.4) is 0 Å². The highest BCUT2D eigenvalue weighted by Crippen LogP contribution is 2.31. The van der Waals surface area contributed by atoms with Gasteiger partial charge in [0.25, 0.3) is 0 Å². The lowest BCUT2D eigenvalue weighted by molar-refractivity contribution is -0.0979. The summed E-state index contributed by atoms with van der Waals surface area (Å²) in [4.78, 5) is 8.00. The van der Waals surface area contributed by atoms with E-state index in [1.165, 1.54) is 43.7 Å². The van der Waals surface area contributed by atoms with Gasteiger partial charge < -0.3 is 9.53 Å². The third kappa shape index (κ3) is 8.21. The van der Waals surface area contributed by atoms with E-state index in [9.17, 15) is 4.39 Å². The van der Waals surface area contributed by atoms with Crippen molar-refractivity contribution in [2.75, 3.05) is 0 Å². The monoisotopic (exact) mass is 422 g/mol. The van der Waals surface area contributed by atoms with E-state index in [-0.39, 0.29) is 11.9 Å². The van der Waals surface area contributed by atoms with Gasteiger partial charge in [-0.25, -0.2) is 4.39 Å². The molecular formula is C28H35FO2. The first-order valence-electron chi connectivity index (χ1n) is 11.5. The zero-order valence-corrected chi connectivity index (χ0v) is 19.0. The molecule has 3 rings (SSSR count). The summed E-state index contributed by atoms with van der Waals surface area (Å²) in [6.45, 7) is 6.42. The maximum Gasteiger partial charge on any atom is 0.166 e. The van der Waals surface area contributed by atoms with Gasteiger partial charge in [0.05, 0.1) is 6.10 Å². The molecule has 0 atom stereocenters. The molecule has 2 nitrogen and oxygen atoms in total. The summed E-state index contributed by atoms with van der Waals surface area (Å²) in [6, 6.07) is 13.4. The molecule has 166 valence electrons. The highest BCUT2D eigenvalue weighted by Gasteiger charge is 2.22. The van der Waals surface area contributed by atoms with Crippen LogP contribution in [0, 0.1) is 23.6 Å². The minimum absolute atomic E-state index is 0.140. The Kier molecular flexibility index (Phi) is 10.9. The SMILES string of the molecule is C=O.CCCCC1CCC(Oc2ccc(C#Cc3ccc(CCC)cc3)cc2F)CC1. The largest absolute Gasteiger partial charge is 0.487 e. The van der Waals surface area contributed by atoms with Crippen molar-refractivity contribution >= 4 is 6.79 Å². The molecule has 2 aromatic carbocycles. The van der Waals surface area contributed by atoms with Crippen LogP contribution < -0.4 is 4.74 Å². The highest BCUT2D eigenvalue weighted by atomic mass is 19.1. The van der Waals surface area contributed by atoms with Crippen molar-refractivity contribution < 1.29 is 13.9 Å². The summed E-state index contributed by atoms with van der Waals surface area (Å²) in [5.74, 6) is 7.05. The normalized spacial score (nSPS) is 17.6. The Hall–Kier alpha value is -2.60. The highest BCUT2D eigenvalue weighted by molar-refractivity contribution is 5.45. The van der Waals surface area contributed by atoms with Crippen molar-refractivity contribution in [2.45, 2.75) is 77.7 Å². The Bertz CT molecular complexity index is 840. The average molecular weight is 423 g/mol. The van der Waals surface area contributed by atoms with Crippen LogP contribution in [0.15, 0.2) is 42.5 Å². The molecule has 0 N–H and O–H groups in total. The summed E-state index contributed by atoms with van der Waals surface area (Å²) in [5.41, 5.74) is 2.95. The Morgan fingerprint density at radius 2 is 1.58 bits per heavy atom. The second-order valence-corrected chi connectivity index (χ2v) is 8.24. The number of aryl methyl sites for hydroxylation is 1. The van der Waals surface area contributed by atoms with Crippen LogP contribution in [-0.4, -0.2) is 12.9 Å². The molecule has 1 aliphatic carbocycles. The predicted octanol–water partition coefficient (Wildman–Crippen LogP) is 7.12. The third-order valence-electron chi connectivity index (χ3n) is 5.83. The molecule has 31 heavy (non-hydrogen) atoms. The van der Waals surface area contributed by atoms with E-state index in [0.29, 0.717) is 11.3 Å². The van der Waals surface area contributed by atoms with E-state index >= 15 is 0 Å². The van der Waals surface area contributed by atoms with Crippen LogP contribution in [0.2, 0.25) is 0 Å². The van der Waals surface area contributed by atoms with Crippen molar-refractivity contribution in [3.05, 3.63) is 65.0 Å². The minimum Gasteiger partial charge on any atom is -0.487 e.